The van der Waals surface area contributed by atoms with E-state index in [1.807, 2.05) is 49.5 Å². The van der Waals surface area contributed by atoms with E-state index in [1.54, 1.807) is 63.3 Å². The fourth-order valence-corrected chi connectivity index (χ4v) is 7.98. The molecule has 2 bridgehead atoms. The lowest BCUT2D eigenvalue weighted by Crippen LogP contribution is -2.56. The smallest absolute Gasteiger partial charge is 0.311 e. The Balaban J connectivity index is 1.84. The van der Waals surface area contributed by atoms with Crippen molar-refractivity contribution in [2.24, 2.45) is 23.5 Å². The molecule has 17 nitrogen and oxygen atoms in total. The zero-order valence-electron chi connectivity index (χ0n) is 37.3. The summed E-state index contributed by atoms with van der Waals surface area (Å²) in [6.45, 7) is 6.87. The number of ether oxygens (including phenoxy) is 4. The third-order valence-corrected chi connectivity index (χ3v) is 11.9. The minimum Gasteiger partial charge on any atom is -0.481 e. The lowest BCUT2D eigenvalue weighted by atomic mass is 9.82. The van der Waals surface area contributed by atoms with Crippen LogP contribution in [0.15, 0.2) is 85.1 Å². The summed E-state index contributed by atoms with van der Waals surface area (Å²) in [5, 5.41) is 107. The molecule has 2 fully saturated rings. The molecule has 0 aromatic carbocycles. The molecule has 2 saturated heterocycles. The second-order valence-electron chi connectivity index (χ2n) is 17.5. The van der Waals surface area contributed by atoms with Gasteiger partial charge in [0, 0.05) is 50.0 Å². The van der Waals surface area contributed by atoms with E-state index < -0.39 is 141 Å². The first-order valence-corrected chi connectivity index (χ1v) is 22.2. The maximum atomic E-state index is 12.6. The van der Waals surface area contributed by atoms with Crippen LogP contribution >= 0.6 is 0 Å². The van der Waals surface area contributed by atoms with Gasteiger partial charge in [0.2, 0.25) is 0 Å². The van der Waals surface area contributed by atoms with E-state index in [-0.39, 0.29) is 38.0 Å². The molecule has 0 aromatic rings. The van der Waals surface area contributed by atoms with E-state index in [0.717, 1.165) is 0 Å². The SMILES string of the molecule is C[C@@H]1OC(=O)CC(O)CC(O)CCC(O)C(O)CC(O)CC2(O)C[C@H](O)C(C(=O)O)[C@H](CC(O[C@H]3C[C@@H](N)C(O)[C@@H](C)O3)/C=C/C=C/C=C/C=C/C=C/C=C/C=C/[C@H](C)C(O)[C@H]1C)O2. The summed E-state index contributed by atoms with van der Waals surface area (Å²) in [6, 6.07) is -0.671. The Hall–Kier alpha value is -3.40. The highest BCUT2D eigenvalue weighted by molar-refractivity contribution is 5.71. The molecule has 64 heavy (non-hydrogen) atoms. The first-order valence-electron chi connectivity index (χ1n) is 22.2. The van der Waals surface area contributed by atoms with Gasteiger partial charge in [-0.15, -0.1) is 0 Å². The quantitative estimate of drug-likeness (QED) is 0.180. The Labute approximate surface area is 376 Å². The molecule has 3 aliphatic rings. The molecule has 12 N–H and O–H groups in total. The fraction of sp³-hybridized carbons (Fsp3) is 0.660. The summed E-state index contributed by atoms with van der Waals surface area (Å²) in [5.74, 6) is -6.62. The average Bonchev–Trinajstić information content (AvgIpc) is 3.19. The van der Waals surface area contributed by atoms with Gasteiger partial charge in [0.15, 0.2) is 12.1 Å². The van der Waals surface area contributed by atoms with Crippen LogP contribution in [-0.4, -0.2) is 154 Å². The maximum Gasteiger partial charge on any atom is 0.311 e. The van der Waals surface area contributed by atoms with Crippen molar-refractivity contribution >= 4 is 11.9 Å². The van der Waals surface area contributed by atoms with Crippen molar-refractivity contribution in [3.05, 3.63) is 85.1 Å². The lowest BCUT2D eigenvalue weighted by molar-refractivity contribution is -0.304. The molecule has 0 radical (unpaired) electrons. The number of aliphatic hydroxyl groups is 9. The van der Waals surface area contributed by atoms with Crippen LogP contribution in [-0.2, 0) is 28.5 Å². The van der Waals surface area contributed by atoms with Gasteiger partial charge in [0.25, 0.3) is 0 Å². The zero-order valence-corrected chi connectivity index (χ0v) is 37.3. The summed E-state index contributed by atoms with van der Waals surface area (Å²) in [5.41, 5.74) is 6.12. The molecule has 17 heteroatoms. The van der Waals surface area contributed by atoms with Crippen molar-refractivity contribution in [3.63, 3.8) is 0 Å². The van der Waals surface area contributed by atoms with E-state index in [0.29, 0.717) is 0 Å². The Morgan fingerprint density at radius 3 is 1.83 bits per heavy atom. The predicted molar refractivity (Wildman–Crippen MR) is 236 cm³/mol. The average molecular weight is 908 g/mol. The molecule has 0 saturated carbocycles. The van der Waals surface area contributed by atoms with Gasteiger partial charge in [-0.1, -0.05) is 98.9 Å². The number of allylic oxidation sites excluding steroid dienone is 12. The lowest BCUT2D eigenvalue weighted by Gasteiger charge is -2.45. The third kappa shape index (κ3) is 18.8. The topological polar surface area (TPSA) is 299 Å². The van der Waals surface area contributed by atoms with Gasteiger partial charge < -0.3 is 75.7 Å². The summed E-state index contributed by atoms with van der Waals surface area (Å²) in [7, 11) is 0. The van der Waals surface area contributed by atoms with Crippen molar-refractivity contribution in [2.75, 3.05) is 0 Å². The molecule has 0 amide bonds. The molecule has 3 rings (SSSR count). The van der Waals surface area contributed by atoms with E-state index in [4.69, 9.17) is 24.7 Å². The third-order valence-electron chi connectivity index (χ3n) is 11.9. The summed E-state index contributed by atoms with van der Waals surface area (Å²) in [6.07, 6.45) is 7.24. The highest BCUT2D eigenvalue weighted by atomic mass is 16.7. The van der Waals surface area contributed by atoms with Crippen LogP contribution in [0.2, 0.25) is 0 Å². The Morgan fingerprint density at radius 1 is 0.672 bits per heavy atom. The number of aliphatic carboxylic acids is 1. The highest BCUT2D eigenvalue weighted by Crippen LogP contribution is 2.38. The van der Waals surface area contributed by atoms with Crippen LogP contribution in [0.5, 0.6) is 0 Å². The summed E-state index contributed by atoms with van der Waals surface area (Å²) >= 11 is 0. The van der Waals surface area contributed by atoms with Gasteiger partial charge in [-0.25, -0.2) is 0 Å². The van der Waals surface area contributed by atoms with Crippen LogP contribution in [0.1, 0.15) is 85.5 Å². The van der Waals surface area contributed by atoms with Gasteiger partial charge >= 0.3 is 11.9 Å². The monoisotopic (exact) mass is 907 g/mol. The van der Waals surface area contributed by atoms with E-state index in [2.05, 4.69) is 0 Å². The van der Waals surface area contributed by atoms with Gasteiger partial charge in [-0.05, 0) is 33.1 Å². The van der Waals surface area contributed by atoms with Gasteiger partial charge in [-0.2, -0.15) is 0 Å². The van der Waals surface area contributed by atoms with Crippen molar-refractivity contribution < 1.29 is 79.6 Å². The minimum absolute atomic E-state index is 0.0903. The second-order valence-corrected chi connectivity index (χ2v) is 17.5. The standard InChI is InChI=1S/C47H73NO16/c1-28-17-15-13-11-9-7-5-6-8-10-12-14-16-18-35(63-42-25-36(48)45(57)31(4)62-42)24-40-43(46(58)59)39(54)27-47(60,64-40)26-34(51)22-38(53)37(52)20-19-32(49)21-33(50)23-41(55)61-30(3)29(2)44(28)56/h5-18,28-40,42-45,49-54,56-57,60H,19-27,48H2,1-4H3,(H,58,59)/b6-5+,9-7+,10-8+,13-11+,14-12+,17-15+,18-16+/t28-,29-,30-,31+,32?,33?,34?,35?,36+,37?,38?,39-,40-,42-,43?,44?,45?,47?/m0/s1. The fourth-order valence-electron chi connectivity index (χ4n) is 7.98. The van der Waals surface area contributed by atoms with Crippen LogP contribution in [0.3, 0.4) is 0 Å². The van der Waals surface area contributed by atoms with Gasteiger partial charge in [0.1, 0.15) is 12.0 Å². The number of fused-ring (bicyclic) bond motifs is 2. The summed E-state index contributed by atoms with van der Waals surface area (Å²) < 4.78 is 23.5. The number of hydrogen-bond acceptors (Lipinski definition) is 16. The molecule has 362 valence electrons. The number of rotatable bonds is 3. The molecular formula is C47H73NO16. The molecule has 0 spiro atoms. The van der Waals surface area contributed by atoms with Crippen molar-refractivity contribution in [3.8, 4) is 0 Å². The molecule has 3 aliphatic heterocycles. The van der Waals surface area contributed by atoms with Crippen molar-refractivity contribution in [1.82, 2.24) is 0 Å². The maximum absolute atomic E-state index is 12.6. The molecule has 10 unspecified atom stereocenters. The van der Waals surface area contributed by atoms with Crippen LogP contribution in [0.25, 0.3) is 0 Å². The van der Waals surface area contributed by atoms with Gasteiger partial charge in [0.05, 0.1) is 73.6 Å². The van der Waals surface area contributed by atoms with Crippen molar-refractivity contribution in [2.45, 2.75) is 177 Å². The predicted octanol–water partition coefficient (Wildman–Crippen LogP) is 1.74. The number of esters is 1. The van der Waals surface area contributed by atoms with E-state index in [1.165, 1.54) is 0 Å². The molecular weight excluding hydrogens is 835 g/mol. The minimum atomic E-state index is -2.27. The molecule has 18 atom stereocenters. The van der Waals surface area contributed by atoms with E-state index in [9.17, 15) is 60.7 Å². The largest absolute Gasteiger partial charge is 0.481 e. The highest BCUT2D eigenvalue weighted by Gasteiger charge is 2.50. The Morgan fingerprint density at radius 2 is 1.25 bits per heavy atom. The van der Waals surface area contributed by atoms with Gasteiger partial charge in [-0.3, -0.25) is 9.59 Å². The number of cyclic esters (lactones) is 1. The van der Waals surface area contributed by atoms with Crippen LogP contribution in [0.4, 0.5) is 0 Å². The number of carbonyl (C=O) groups excluding carboxylic acids is 1. The molecule has 3 heterocycles. The number of carbonyl (C=O) groups is 2. The van der Waals surface area contributed by atoms with Crippen molar-refractivity contribution in [1.29, 1.82) is 0 Å². The Bertz CT molecular complexity index is 1620. The molecule has 0 aliphatic carbocycles. The van der Waals surface area contributed by atoms with Crippen LogP contribution < -0.4 is 5.73 Å². The first kappa shape index (κ1) is 54.9. The number of aliphatic hydroxyl groups excluding tert-OH is 8. The number of carboxylic acid groups (broad SMARTS) is 1. The Kier molecular flexibility index (Phi) is 23.4. The number of hydrogen-bond donors (Lipinski definition) is 11. The first-order chi connectivity index (χ1) is 30.2. The second kappa shape index (κ2) is 27.3. The number of nitrogens with two attached hydrogens (primary N) is 1. The van der Waals surface area contributed by atoms with E-state index >= 15 is 0 Å². The molecule has 0 aromatic heterocycles. The zero-order chi connectivity index (χ0) is 47.6. The normalized spacial score (nSPS) is 44.8. The van der Waals surface area contributed by atoms with Crippen LogP contribution in [0, 0.1) is 17.8 Å². The number of carboxylic acids is 1. The summed E-state index contributed by atoms with van der Waals surface area (Å²) in [4.78, 5) is 25.1.